The molecule has 0 aromatic heterocycles. The maximum Gasteiger partial charge on any atom is 0.243 e. The minimum atomic E-state index is -0.0844. The number of carbonyl (C=O) groups is 2. The third-order valence-corrected chi connectivity index (χ3v) is 2.55. The summed E-state index contributed by atoms with van der Waals surface area (Å²) in [5.74, 6) is 0.886. The van der Waals surface area contributed by atoms with E-state index in [0.717, 1.165) is 18.4 Å². The standard InChI is InChI=1S/C10H11NO.C7H14O.C2H6.C2H2/c1-11-10(12)8-7-9-5-3-2-4-6-9;1-6(2)4-5-7(3)8;2*1-2/h2-8H,1H3,(H,11,12);6H,4-5H2,1-3H3;1-2H3;1-2H/b8-7+;;;. The third kappa shape index (κ3) is 21.9. The molecule has 0 saturated heterocycles. The Kier molecular flexibility index (Phi) is 22.9. The summed E-state index contributed by atoms with van der Waals surface area (Å²) in [6, 6.07) is 9.70. The largest absolute Gasteiger partial charge is 0.356 e. The number of hydrogen-bond acceptors (Lipinski definition) is 2. The van der Waals surface area contributed by atoms with Crippen LogP contribution in [0.2, 0.25) is 0 Å². The first-order chi connectivity index (χ1) is 11.5. The van der Waals surface area contributed by atoms with Gasteiger partial charge in [0.05, 0.1) is 0 Å². The van der Waals surface area contributed by atoms with Gasteiger partial charge in [-0.25, -0.2) is 0 Å². The molecule has 24 heavy (non-hydrogen) atoms. The quantitative estimate of drug-likeness (QED) is 0.626. The Hall–Kier alpha value is -2.34. The van der Waals surface area contributed by atoms with Gasteiger partial charge < -0.3 is 10.1 Å². The highest BCUT2D eigenvalue weighted by Gasteiger charge is 1.95. The molecule has 1 aromatic carbocycles. The molecule has 134 valence electrons. The molecule has 0 spiro atoms. The van der Waals surface area contributed by atoms with Crippen molar-refractivity contribution >= 4 is 17.8 Å². The highest BCUT2D eigenvalue weighted by atomic mass is 16.1. The molecule has 0 radical (unpaired) electrons. The average Bonchev–Trinajstić information content (AvgIpc) is 2.62. The molecule has 0 aliphatic heterocycles. The van der Waals surface area contributed by atoms with E-state index in [1.807, 2.05) is 44.2 Å². The number of likely N-dealkylation sites (N-methyl/N-ethyl adjacent to an activating group) is 1. The van der Waals surface area contributed by atoms with E-state index in [-0.39, 0.29) is 5.91 Å². The first-order valence-corrected chi connectivity index (χ1v) is 8.23. The number of ketones is 1. The number of rotatable bonds is 5. The lowest BCUT2D eigenvalue weighted by molar-refractivity contribution is -0.117. The van der Waals surface area contributed by atoms with Gasteiger partial charge in [0.1, 0.15) is 5.78 Å². The minimum absolute atomic E-state index is 0.0844. The van der Waals surface area contributed by atoms with Gasteiger partial charge >= 0.3 is 0 Å². The number of carbonyl (C=O) groups excluding carboxylic acids is 2. The van der Waals surface area contributed by atoms with E-state index in [1.54, 1.807) is 20.0 Å². The van der Waals surface area contributed by atoms with E-state index in [2.05, 4.69) is 32.0 Å². The smallest absolute Gasteiger partial charge is 0.243 e. The summed E-state index contributed by atoms with van der Waals surface area (Å²) in [6.07, 6.45) is 13.1. The van der Waals surface area contributed by atoms with Crippen LogP contribution in [-0.2, 0) is 9.59 Å². The molecule has 0 fully saturated rings. The molecule has 0 aliphatic rings. The number of Topliss-reactive ketones (excluding diaryl/α,β-unsaturated/α-hetero) is 1. The van der Waals surface area contributed by atoms with Crippen LogP contribution in [0.5, 0.6) is 0 Å². The molecular weight excluding hydrogens is 298 g/mol. The van der Waals surface area contributed by atoms with Gasteiger partial charge in [-0.05, 0) is 30.9 Å². The fourth-order valence-corrected chi connectivity index (χ4v) is 1.31. The molecule has 1 aromatic rings. The highest BCUT2D eigenvalue weighted by molar-refractivity contribution is 5.91. The van der Waals surface area contributed by atoms with E-state index in [4.69, 9.17) is 0 Å². The molecule has 0 saturated carbocycles. The molecule has 0 bridgehead atoms. The number of hydrogen-bond donors (Lipinski definition) is 1. The van der Waals surface area contributed by atoms with Crippen molar-refractivity contribution < 1.29 is 9.59 Å². The lowest BCUT2D eigenvalue weighted by atomic mass is 10.1. The number of nitrogens with one attached hydrogen (secondary N) is 1. The lowest BCUT2D eigenvalue weighted by Crippen LogP contribution is -2.13. The van der Waals surface area contributed by atoms with Crippen LogP contribution < -0.4 is 5.32 Å². The van der Waals surface area contributed by atoms with Crippen LogP contribution in [0.4, 0.5) is 0 Å². The molecule has 3 nitrogen and oxygen atoms in total. The van der Waals surface area contributed by atoms with E-state index in [9.17, 15) is 9.59 Å². The van der Waals surface area contributed by atoms with Gasteiger partial charge in [0.25, 0.3) is 0 Å². The fourth-order valence-electron chi connectivity index (χ4n) is 1.31. The second kappa shape index (κ2) is 20.7. The van der Waals surface area contributed by atoms with Crippen LogP contribution in [0, 0.1) is 18.8 Å². The van der Waals surface area contributed by atoms with Crippen LogP contribution in [0.15, 0.2) is 36.4 Å². The summed E-state index contributed by atoms with van der Waals surface area (Å²) < 4.78 is 0. The van der Waals surface area contributed by atoms with Crippen LogP contribution in [0.3, 0.4) is 0 Å². The summed E-state index contributed by atoms with van der Waals surface area (Å²) >= 11 is 0. The second-order valence-corrected chi connectivity index (χ2v) is 4.99. The zero-order valence-electron chi connectivity index (χ0n) is 16.0. The predicted octanol–water partition coefficient (Wildman–Crippen LogP) is 4.73. The van der Waals surface area contributed by atoms with Crippen molar-refractivity contribution in [3.63, 3.8) is 0 Å². The van der Waals surface area contributed by atoms with Crippen molar-refractivity contribution in [2.75, 3.05) is 7.05 Å². The Bertz CT molecular complexity index is 459. The number of benzene rings is 1. The van der Waals surface area contributed by atoms with Gasteiger partial charge in [-0.3, -0.25) is 4.79 Å². The minimum Gasteiger partial charge on any atom is -0.356 e. The third-order valence-electron chi connectivity index (χ3n) is 2.55. The SMILES string of the molecule is C#C.CC.CC(=O)CCC(C)C.CNC(=O)/C=C/c1ccccc1. The maximum atomic E-state index is 10.8. The normalized spacial score (nSPS) is 8.71. The van der Waals surface area contributed by atoms with Crippen LogP contribution in [0.1, 0.15) is 53.0 Å². The molecule has 1 N–H and O–H groups in total. The summed E-state index contributed by atoms with van der Waals surface area (Å²) in [5, 5.41) is 2.51. The van der Waals surface area contributed by atoms with Gasteiger partial charge in [0.2, 0.25) is 5.91 Å². The Labute approximate surface area is 148 Å². The van der Waals surface area contributed by atoms with Crippen molar-refractivity contribution in [2.45, 2.75) is 47.5 Å². The van der Waals surface area contributed by atoms with Crippen molar-refractivity contribution in [2.24, 2.45) is 5.92 Å². The van der Waals surface area contributed by atoms with E-state index in [0.29, 0.717) is 11.7 Å². The topological polar surface area (TPSA) is 46.2 Å². The van der Waals surface area contributed by atoms with Crippen LogP contribution >= 0.6 is 0 Å². The molecular formula is C21H33NO2. The summed E-state index contributed by atoms with van der Waals surface area (Å²) in [4.78, 5) is 21.1. The van der Waals surface area contributed by atoms with Gasteiger partial charge in [-0.15, -0.1) is 12.8 Å². The van der Waals surface area contributed by atoms with E-state index in [1.165, 1.54) is 6.08 Å². The van der Waals surface area contributed by atoms with E-state index >= 15 is 0 Å². The van der Waals surface area contributed by atoms with Crippen molar-refractivity contribution in [3.8, 4) is 12.8 Å². The molecule has 0 heterocycles. The van der Waals surface area contributed by atoms with Gasteiger partial charge in [0, 0.05) is 19.5 Å². The highest BCUT2D eigenvalue weighted by Crippen LogP contribution is 2.02. The first-order valence-electron chi connectivity index (χ1n) is 8.23. The second-order valence-electron chi connectivity index (χ2n) is 4.99. The zero-order chi connectivity index (χ0) is 19.4. The predicted molar refractivity (Wildman–Crippen MR) is 106 cm³/mol. The maximum absolute atomic E-state index is 10.8. The molecule has 3 heteroatoms. The average molecular weight is 332 g/mol. The Morgan fingerprint density at radius 3 is 1.96 bits per heavy atom. The molecule has 0 unspecified atom stereocenters. The van der Waals surface area contributed by atoms with Crippen molar-refractivity contribution in [3.05, 3.63) is 42.0 Å². The van der Waals surface area contributed by atoms with Crippen LogP contribution in [-0.4, -0.2) is 18.7 Å². The number of amides is 1. The lowest BCUT2D eigenvalue weighted by Gasteiger charge is -1.98. The van der Waals surface area contributed by atoms with Gasteiger partial charge in [0.15, 0.2) is 0 Å². The summed E-state index contributed by atoms with van der Waals surface area (Å²) in [6.45, 7) is 9.90. The summed E-state index contributed by atoms with van der Waals surface area (Å²) in [5.41, 5.74) is 1.03. The first kappa shape index (κ1) is 26.6. The fraction of sp³-hybridized carbons (Fsp3) is 0.429. The summed E-state index contributed by atoms with van der Waals surface area (Å²) in [7, 11) is 1.61. The Balaban J connectivity index is -0.000000321. The number of terminal acetylenes is 1. The van der Waals surface area contributed by atoms with Crippen molar-refractivity contribution in [1.82, 2.24) is 5.32 Å². The molecule has 1 amide bonds. The van der Waals surface area contributed by atoms with Gasteiger partial charge in [-0.1, -0.05) is 58.0 Å². The van der Waals surface area contributed by atoms with Gasteiger partial charge in [-0.2, -0.15) is 0 Å². The molecule has 0 aliphatic carbocycles. The monoisotopic (exact) mass is 331 g/mol. The van der Waals surface area contributed by atoms with Crippen LogP contribution in [0.25, 0.3) is 6.08 Å². The Morgan fingerprint density at radius 1 is 1.12 bits per heavy atom. The molecule has 1 rings (SSSR count). The Morgan fingerprint density at radius 2 is 1.62 bits per heavy atom. The molecule has 0 atom stereocenters. The zero-order valence-corrected chi connectivity index (χ0v) is 16.0. The van der Waals surface area contributed by atoms with Crippen molar-refractivity contribution in [1.29, 1.82) is 0 Å². The van der Waals surface area contributed by atoms with E-state index < -0.39 is 0 Å².